The Balaban J connectivity index is 3.29. The van der Waals surface area contributed by atoms with Crippen LogP contribution in [-0.2, 0) is 4.79 Å². The molecule has 0 aliphatic rings. The van der Waals surface area contributed by atoms with E-state index in [-0.39, 0.29) is 0 Å². The number of carboxylic acids is 1. The number of hydrogen-bond donors (Lipinski definition) is 2. The number of rotatable bonds is 8. The number of carboxylic acid groups (broad SMARTS) is 1. The summed E-state index contributed by atoms with van der Waals surface area (Å²) in [7, 11) is 1.96. The van der Waals surface area contributed by atoms with Gasteiger partial charge in [0.1, 0.15) is 0 Å². The van der Waals surface area contributed by atoms with E-state index >= 15 is 0 Å². The van der Waals surface area contributed by atoms with E-state index in [2.05, 4.69) is 5.32 Å². The van der Waals surface area contributed by atoms with Gasteiger partial charge in [-0.05, 0) is 39.8 Å². The van der Waals surface area contributed by atoms with E-state index in [1.54, 1.807) is 13.0 Å². The van der Waals surface area contributed by atoms with Gasteiger partial charge in [0.15, 0.2) is 0 Å². The second-order valence-electron chi connectivity index (χ2n) is 3.50. The highest BCUT2D eigenvalue weighted by Gasteiger charge is 1.97. The minimum atomic E-state index is -0.805. The minimum Gasteiger partial charge on any atom is -0.478 e. The summed E-state index contributed by atoms with van der Waals surface area (Å²) in [4.78, 5) is 10.4. The molecule has 82 valence electrons. The van der Waals surface area contributed by atoms with Crippen molar-refractivity contribution >= 4 is 5.97 Å². The lowest BCUT2D eigenvalue weighted by Gasteiger charge is -1.99. The second kappa shape index (κ2) is 8.75. The molecule has 0 aliphatic heterocycles. The molecule has 0 aliphatic carbocycles. The molecule has 0 aromatic heterocycles. The van der Waals surface area contributed by atoms with E-state index in [1.165, 1.54) is 19.3 Å². The molecular weight excluding hydrogens is 178 g/mol. The molecule has 0 rings (SSSR count). The Hall–Kier alpha value is -0.830. The molecular formula is C11H21NO2. The highest BCUT2D eigenvalue weighted by Crippen LogP contribution is 2.05. The molecule has 0 spiro atoms. The molecule has 0 atom stereocenters. The maximum absolute atomic E-state index is 10.4. The Morgan fingerprint density at radius 2 is 1.93 bits per heavy atom. The first kappa shape index (κ1) is 13.2. The van der Waals surface area contributed by atoms with Crippen LogP contribution >= 0.6 is 0 Å². The first-order valence-electron chi connectivity index (χ1n) is 5.23. The fourth-order valence-corrected chi connectivity index (χ4v) is 1.21. The van der Waals surface area contributed by atoms with Crippen molar-refractivity contribution in [3.8, 4) is 0 Å². The molecule has 0 unspecified atom stereocenters. The summed E-state index contributed by atoms with van der Waals surface area (Å²) >= 11 is 0. The zero-order valence-electron chi connectivity index (χ0n) is 9.18. The molecule has 2 N–H and O–H groups in total. The van der Waals surface area contributed by atoms with E-state index in [0.717, 1.165) is 19.4 Å². The topological polar surface area (TPSA) is 49.3 Å². The first-order chi connectivity index (χ1) is 6.68. The van der Waals surface area contributed by atoms with Crippen molar-refractivity contribution in [1.29, 1.82) is 0 Å². The number of hydrogen-bond acceptors (Lipinski definition) is 2. The number of nitrogens with one attached hydrogen (secondary N) is 1. The summed E-state index contributed by atoms with van der Waals surface area (Å²) in [5, 5.41) is 11.7. The smallest absolute Gasteiger partial charge is 0.330 e. The van der Waals surface area contributed by atoms with Crippen LogP contribution in [0.5, 0.6) is 0 Å². The van der Waals surface area contributed by atoms with Gasteiger partial charge in [0.05, 0.1) is 0 Å². The van der Waals surface area contributed by atoms with Gasteiger partial charge in [-0.3, -0.25) is 0 Å². The van der Waals surface area contributed by atoms with E-state index in [9.17, 15) is 4.79 Å². The highest BCUT2D eigenvalue weighted by atomic mass is 16.4. The Bertz CT molecular complexity index is 188. The zero-order chi connectivity index (χ0) is 10.8. The van der Waals surface area contributed by atoms with Crippen LogP contribution in [0.25, 0.3) is 0 Å². The molecule has 0 saturated heterocycles. The second-order valence-corrected chi connectivity index (χ2v) is 3.50. The van der Waals surface area contributed by atoms with E-state index in [1.807, 2.05) is 7.05 Å². The van der Waals surface area contributed by atoms with Gasteiger partial charge in [-0.2, -0.15) is 0 Å². The fourth-order valence-electron chi connectivity index (χ4n) is 1.21. The lowest BCUT2D eigenvalue weighted by atomic mass is 10.1. The molecule has 0 aromatic rings. The van der Waals surface area contributed by atoms with Gasteiger partial charge in [0, 0.05) is 5.57 Å². The van der Waals surface area contributed by atoms with Crippen LogP contribution in [-0.4, -0.2) is 24.7 Å². The maximum Gasteiger partial charge on any atom is 0.330 e. The van der Waals surface area contributed by atoms with Crippen LogP contribution in [0.15, 0.2) is 11.6 Å². The van der Waals surface area contributed by atoms with Gasteiger partial charge >= 0.3 is 5.97 Å². The summed E-state index contributed by atoms with van der Waals surface area (Å²) < 4.78 is 0. The largest absolute Gasteiger partial charge is 0.478 e. The van der Waals surface area contributed by atoms with Crippen molar-refractivity contribution in [2.24, 2.45) is 0 Å². The van der Waals surface area contributed by atoms with Gasteiger partial charge in [0.2, 0.25) is 0 Å². The molecule has 0 heterocycles. The maximum atomic E-state index is 10.4. The van der Waals surface area contributed by atoms with Crippen molar-refractivity contribution in [3.05, 3.63) is 11.6 Å². The predicted octanol–water partition coefficient (Wildman–Crippen LogP) is 2.19. The molecule has 3 heteroatoms. The lowest BCUT2D eigenvalue weighted by Crippen LogP contribution is -2.06. The van der Waals surface area contributed by atoms with Gasteiger partial charge in [-0.1, -0.05) is 18.9 Å². The van der Waals surface area contributed by atoms with Gasteiger partial charge in [-0.15, -0.1) is 0 Å². The highest BCUT2D eigenvalue weighted by molar-refractivity contribution is 5.85. The van der Waals surface area contributed by atoms with Crippen LogP contribution in [0.4, 0.5) is 0 Å². The first-order valence-corrected chi connectivity index (χ1v) is 5.23. The van der Waals surface area contributed by atoms with E-state index in [0.29, 0.717) is 5.57 Å². The van der Waals surface area contributed by atoms with Crippen LogP contribution in [0, 0.1) is 0 Å². The summed E-state index contributed by atoms with van der Waals surface area (Å²) in [5.41, 5.74) is 0.459. The molecule has 14 heavy (non-hydrogen) atoms. The lowest BCUT2D eigenvalue weighted by molar-refractivity contribution is -0.132. The van der Waals surface area contributed by atoms with E-state index < -0.39 is 5.97 Å². The summed E-state index contributed by atoms with van der Waals surface area (Å²) in [6, 6.07) is 0. The molecule has 0 radical (unpaired) electrons. The number of carbonyl (C=O) groups is 1. The Morgan fingerprint density at radius 3 is 2.50 bits per heavy atom. The quantitative estimate of drug-likeness (QED) is 0.465. The summed E-state index contributed by atoms with van der Waals surface area (Å²) in [6.45, 7) is 2.72. The number of allylic oxidation sites excluding steroid dienone is 1. The third-order valence-electron chi connectivity index (χ3n) is 2.17. The average Bonchev–Trinajstić information content (AvgIpc) is 2.16. The Labute approximate surface area is 86.2 Å². The predicted molar refractivity (Wildman–Crippen MR) is 58.4 cm³/mol. The standard InChI is InChI=1S/C11H21NO2/c1-10(11(13)14)8-6-4-3-5-7-9-12-2/h8,12H,3-7,9H2,1-2H3,(H,13,14). The Morgan fingerprint density at radius 1 is 1.29 bits per heavy atom. The van der Waals surface area contributed by atoms with Crippen molar-refractivity contribution < 1.29 is 9.90 Å². The third-order valence-corrected chi connectivity index (χ3v) is 2.17. The van der Waals surface area contributed by atoms with Crippen molar-refractivity contribution in [2.75, 3.05) is 13.6 Å². The summed E-state index contributed by atoms with van der Waals surface area (Å²) in [5.74, 6) is -0.805. The van der Waals surface area contributed by atoms with Crippen LogP contribution in [0.1, 0.15) is 39.0 Å². The Kier molecular flexibility index (Phi) is 8.24. The van der Waals surface area contributed by atoms with Crippen molar-refractivity contribution in [3.63, 3.8) is 0 Å². The van der Waals surface area contributed by atoms with Gasteiger partial charge < -0.3 is 10.4 Å². The van der Waals surface area contributed by atoms with Crippen LogP contribution < -0.4 is 5.32 Å². The number of unbranched alkanes of at least 4 members (excludes halogenated alkanes) is 4. The molecule has 0 amide bonds. The molecule has 0 bridgehead atoms. The molecule has 0 aromatic carbocycles. The van der Waals surface area contributed by atoms with Crippen molar-refractivity contribution in [2.45, 2.75) is 39.0 Å². The van der Waals surface area contributed by atoms with E-state index in [4.69, 9.17) is 5.11 Å². The molecule has 0 fully saturated rings. The normalized spacial score (nSPS) is 11.7. The third kappa shape index (κ3) is 7.80. The number of aliphatic carboxylic acids is 1. The van der Waals surface area contributed by atoms with Crippen molar-refractivity contribution in [1.82, 2.24) is 5.32 Å². The molecule has 3 nitrogen and oxygen atoms in total. The van der Waals surface area contributed by atoms with Crippen LogP contribution in [0.3, 0.4) is 0 Å². The SMILES string of the molecule is CNCCCCCCC=C(C)C(=O)O. The van der Waals surface area contributed by atoms with Crippen LogP contribution in [0.2, 0.25) is 0 Å². The summed E-state index contributed by atoms with van der Waals surface area (Å²) in [6.07, 6.45) is 7.40. The zero-order valence-corrected chi connectivity index (χ0v) is 9.18. The monoisotopic (exact) mass is 199 g/mol. The van der Waals surface area contributed by atoms with Gasteiger partial charge in [0.25, 0.3) is 0 Å². The minimum absolute atomic E-state index is 0.459. The average molecular weight is 199 g/mol. The molecule has 0 saturated carbocycles. The van der Waals surface area contributed by atoms with Gasteiger partial charge in [-0.25, -0.2) is 4.79 Å². The fraction of sp³-hybridized carbons (Fsp3) is 0.727.